The summed E-state index contributed by atoms with van der Waals surface area (Å²) in [4.78, 5) is 31.4. The van der Waals surface area contributed by atoms with Crippen LogP contribution in [-0.4, -0.2) is 16.8 Å². The number of fused-ring (bicyclic) bond motifs is 1. The lowest BCUT2D eigenvalue weighted by Gasteiger charge is -2.17. The molecule has 1 atom stereocenters. The Balaban J connectivity index is 1.37. The third kappa shape index (κ3) is 5.87. The summed E-state index contributed by atoms with van der Waals surface area (Å²) in [7, 11) is 0. The van der Waals surface area contributed by atoms with Crippen LogP contribution in [-0.2, 0) is 4.79 Å². The van der Waals surface area contributed by atoms with Crippen LogP contribution in [0.1, 0.15) is 26.7 Å². The van der Waals surface area contributed by atoms with Gasteiger partial charge in [-0.25, -0.2) is 9.37 Å². The molecule has 0 fully saturated rings. The van der Waals surface area contributed by atoms with Crippen LogP contribution in [0.25, 0.3) is 10.2 Å². The largest absolute Gasteiger partial charge is 0.322 e. The smallest absolute Gasteiger partial charge is 0.258 e. The van der Waals surface area contributed by atoms with Crippen molar-refractivity contribution in [2.24, 2.45) is 0 Å². The number of nitrogens with one attached hydrogen (secondary N) is 2. The van der Waals surface area contributed by atoms with E-state index in [-0.39, 0.29) is 11.5 Å². The van der Waals surface area contributed by atoms with Crippen molar-refractivity contribution in [1.82, 2.24) is 4.98 Å². The quantitative estimate of drug-likeness (QED) is 0.215. The lowest BCUT2D eigenvalue weighted by molar-refractivity contribution is -0.115. The minimum Gasteiger partial charge on any atom is -0.322 e. The summed E-state index contributed by atoms with van der Waals surface area (Å²) < 4.78 is 15.0. The maximum atomic E-state index is 14.0. The highest BCUT2D eigenvalue weighted by Gasteiger charge is 2.23. The molecule has 0 aliphatic heterocycles. The average molecular weight is 528 g/mol. The molecular formula is C29H22FN3O2S2. The number of hydrogen-bond donors (Lipinski definition) is 2. The van der Waals surface area contributed by atoms with Gasteiger partial charge in [0.1, 0.15) is 11.1 Å². The summed E-state index contributed by atoms with van der Waals surface area (Å²) in [5, 5.41) is 5.70. The molecule has 2 amide bonds. The van der Waals surface area contributed by atoms with E-state index in [1.165, 1.54) is 41.3 Å². The van der Waals surface area contributed by atoms with Crippen molar-refractivity contribution < 1.29 is 14.0 Å². The van der Waals surface area contributed by atoms with Gasteiger partial charge in [0.05, 0.1) is 15.8 Å². The van der Waals surface area contributed by atoms with Gasteiger partial charge in [-0.15, -0.1) is 11.8 Å². The molecular weight excluding hydrogens is 505 g/mol. The summed E-state index contributed by atoms with van der Waals surface area (Å²) in [6.45, 7) is 2.02. The summed E-state index contributed by atoms with van der Waals surface area (Å²) in [5.41, 5.74) is 3.28. The van der Waals surface area contributed by atoms with E-state index in [9.17, 15) is 14.0 Å². The maximum absolute atomic E-state index is 14.0. The Morgan fingerprint density at radius 3 is 2.49 bits per heavy atom. The van der Waals surface area contributed by atoms with E-state index in [1.54, 1.807) is 24.3 Å². The van der Waals surface area contributed by atoms with Crippen molar-refractivity contribution in [2.75, 3.05) is 10.6 Å². The van der Waals surface area contributed by atoms with E-state index in [0.717, 1.165) is 26.2 Å². The topological polar surface area (TPSA) is 71.1 Å². The molecule has 0 saturated heterocycles. The second kappa shape index (κ2) is 10.9. The first-order valence-corrected chi connectivity index (χ1v) is 13.2. The molecule has 1 unspecified atom stereocenters. The van der Waals surface area contributed by atoms with E-state index in [1.807, 2.05) is 61.5 Å². The molecule has 0 saturated carbocycles. The molecule has 0 radical (unpaired) electrons. The van der Waals surface area contributed by atoms with Crippen LogP contribution >= 0.6 is 23.1 Å². The van der Waals surface area contributed by atoms with E-state index in [2.05, 4.69) is 15.6 Å². The summed E-state index contributed by atoms with van der Waals surface area (Å²) in [6, 6.07) is 28.5. The van der Waals surface area contributed by atoms with Crippen molar-refractivity contribution in [3.8, 4) is 0 Å². The van der Waals surface area contributed by atoms with Crippen LogP contribution in [0.2, 0.25) is 0 Å². The number of nitrogens with zero attached hydrogens (tertiary/aromatic N) is 1. The van der Waals surface area contributed by atoms with Crippen molar-refractivity contribution in [3.63, 3.8) is 0 Å². The zero-order chi connectivity index (χ0) is 25.8. The number of amides is 2. The molecule has 2 N–H and O–H groups in total. The van der Waals surface area contributed by atoms with Gasteiger partial charge in [0.15, 0.2) is 5.13 Å². The Hall–Kier alpha value is -4.01. The number of aromatic nitrogens is 1. The lowest BCUT2D eigenvalue weighted by atomic mass is 10.1. The molecule has 5 nitrogen and oxygen atoms in total. The number of rotatable bonds is 7. The van der Waals surface area contributed by atoms with Crippen LogP contribution in [0.5, 0.6) is 0 Å². The number of thiazole rings is 1. The fraction of sp³-hybridized carbons (Fsp3) is 0.0690. The van der Waals surface area contributed by atoms with Gasteiger partial charge in [-0.3, -0.25) is 9.59 Å². The first-order chi connectivity index (χ1) is 18.0. The van der Waals surface area contributed by atoms with Gasteiger partial charge in [-0.1, -0.05) is 65.9 Å². The highest BCUT2D eigenvalue weighted by atomic mass is 32.2. The highest BCUT2D eigenvalue weighted by Crippen LogP contribution is 2.38. The standard InChI is InChI=1S/C29H22FN3O2S2/c1-18-14-15-24-25(16-18)37-29(32-24)33-28(35)26(19-8-3-2-4-9-19)36-21-11-7-10-20(17-21)31-27(34)22-12-5-6-13-23(22)30/h2-17,26H,1H3,(H,31,34)(H,32,33,35). The number of anilines is 2. The van der Waals surface area contributed by atoms with Crippen LogP contribution in [0.4, 0.5) is 15.2 Å². The lowest BCUT2D eigenvalue weighted by Crippen LogP contribution is -2.19. The van der Waals surface area contributed by atoms with Crippen LogP contribution in [0, 0.1) is 12.7 Å². The monoisotopic (exact) mass is 527 g/mol. The first-order valence-electron chi connectivity index (χ1n) is 11.5. The van der Waals surface area contributed by atoms with Crippen molar-refractivity contribution in [1.29, 1.82) is 0 Å². The van der Waals surface area contributed by atoms with Crippen LogP contribution in [0.15, 0.2) is 102 Å². The molecule has 0 spiro atoms. The summed E-state index contributed by atoms with van der Waals surface area (Å²) in [6.07, 6.45) is 0. The SMILES string of the molecule is Cc1ccc2nc(NC(=O)C(Sc3cccc(NC(=O)c4ccccc4F)c3)c3ccccc3)sc2c1. The molecule has 37 heavy (non-hydrogen) atoms. The number of carbonyl (C=O) groups is 2. The Morgan fingerprint density at radius 2 is 1.68 bits per heavy atom. The Bertz CT molecular complexity index is 1590. The molecule has 5 rings (SSSR count). The van der Waals surface area contributed by atoms with E-state index >= 15 is 0 Å². The molecule has 0 aliphatic carbocycles. The number of thioether (sulfide) groups is 1. The molecule has 5 aromatic rings. The second-order valence-electron chi connectivity index (χ2n) is 8.35. The Kier molecular flexibility index (Phi) is 7.30. The minimum atomic E-state index is -0.587. The fourth-order valence-corrected chi connectivity index (χ4v) is 5.83. The molecule has 8 heteroatoms. The third-order valence-corrected chi connectivity index (χ3v) is 7.76. The zero-order valence-corrected chi connectivity index (χ0v) is 21.4. The average Bonchev–Trinajstić information content (AvgIpc) is 3.29. The number of hydrogen-bond acceptors (Lipinski definition) is 5. The fourth-order valence-electron chi connectivity index (χ4n) is 3.78. The number of aryl methyl sites for hydroxylation is 1. The predicted molar refractivity (Wildman–Crippen MR) is 149 cm³/mol. The molecule has 4 aromatic carbocycles. The molecule has 184 valence electrons. The van der Waals surface area contributed by atoms with Crippen molar-refractivity contribution in [3.05, 3.63) is 120 Å². The number of carbonyl (C=O) groups excluding carboxylic acids is 2. The summed E-state index contributed by atoms with van der Waals surface area (Å²) in [5.74, 6) is -1.33. The van der Waals surface area contributed by atoms with E-state index in [0.29, 0.717) is 10.8 Å². The van der Waals surface area contributed by atoms with Gasteiger partial charge in [0.25, 0.3) is 5.91 Å². The maximum Gasteiger partial charge on any atom is 0.258 e. The molecule has 1 aromatic heterocycles. The third-order valence-electron chi connectivity index (χ3n) is 5.58. The van der Waals surface area contributed by atoms with Crippen molar-refractivity contribution in [2.45, 2.75) is 17.1 Å². The highest BCUT2D eigenvalue weighted by molar-refractivity contribution is 8.00. The predicted octanol–water partition coefficient (Wildman–Crippen LogP) is 7.47. The van der Waals surface area contributed by atoms with Crippen LogP contribution in [0.3, 0.4) is 0 Å². The zero-order valence-electron chi connectivity index (χ0n) is 19.8. The number of benzene rings is 4. The first kappa shape index (κ1) is 24.7. The Labute approximate surface area is 221 Å². The Morgan fingerprint density at radius 1 is 0.892 bits per heavy atom. The van der Waals surface area contributed by atoms with Gasteiger partial charge in [0, 0.05) is 10.6 Å². The van der Waals surface area contributed by atoms with Gasteiger partial charge in [0.2, 0.25) is 5.91 Å². The van der Waals surface area contributed by atoms with E-state index in [4.69, 9.17) is 0 Å². The van der Waals surface area contributed by atoms with Gasteiger partial charge < -0.3 is 10.6 Å². The minimum absolute atomic E-state index is 0.0341. The molecule has 1 heterocycles. The van der Waals surface area contributed by atoms with E-state index < -0.39 is 17.0 Å². The summed E-state index contributed by atoms with van der Waals surface area (Å²) >= 11 is 2.79. The van der Waals surface area contributed by atoms with Crippen molar-refractivity contribution >= 4 is 55.9 Å². The number of halogens is 1. The molecule has 0 aliphatic rings. The normalized spacial score (nSPS) is 11.7. The molecule has 0 bridgehead atoms. The second-order valence-corrected chi connectivity index (χ2v) is 10.6. The van der Waals surface area contributed by atoms with Gasteiger partial charge >= 0.3 is 0 Å². The van der Waals surface area contributed by atoms with Gasteiger partial charge in [-0.2, -0.15) is 0 Å². The van der Waals surface area contributed by atoms with Gasteiger partial charge in [-0.05, 0) is 60.5 Å². The van der Waals surface area contributed by atoms with Crippen LogP contribution < -0.4 is 10.6 Å².